The molecule has 1 aromatic rings. The van der Waals surface area contributed by atoms with Crippen LogP contribution in [0.4, 0.5) is 4.39 Å². The standard InChI is InChI=1S/C10H12FN/c1-6-4-7-2-3-8(11)5-9(7)10(6)12/h2-3,5-6,10H,4,12H2,1H3/t6-,10+/m0/s1. The highest BCUT2D eigenvalue weighted by Crippen LogP contribution is 2.33. The van der Waals surface area contributed by atoms with Crippen LogP contribution in [0, 0.1) is 11.7 Å². The monoisotopic (exact) mass is 165 g/mol. The molecular weight excluding hydrogens is 153 g/mol. The Bertz CT molecular complexity index is 309. The van der Waals surface area contributed by atoms with Gasteiger partial charge in [0.15, 0.2) is 0 Å². The molecule has 0 radical (unpaired) electrons. The van der Waals surface area contributed by atoms with Crippen LogP contribution in [0.2, 0.25) is 0 Å². The molecule has 0 heterocycles. The van der Waals surface area contributed by atoms with E-state index >= 15 is 0 Å². The molecule has 0 aromatic heterocycles. The fourth-order valence-corrected chi connectivity index (χ4v) is 1.84. The Morgan fingerprint density at radius 1 is 1.50 bits per heavy atom. The van der Waals surface area contributed by atoms with Crippen molar-refractivity contribution in [1.82, 2.24) is 0 Å². The van der Waals surface area contributed by atoms with Gasteiger partial charge in [0, 0.05) is 6.04 Å². The lowest BCUT2D eigenvalue weighted by Gasteiger charge is -2.08. The largest absolute Gasteiger partial charge is 0.324 e. The summed E-state index contributed by atoms with van der Waals surface area (Å²) >= 11 is 0. The number of hydrogen-bond donors (Lipinski definition) is 1. The van der Waals surface area contributed by atoms with Gasteiger partial charge in [0.25, 0.3) is 0 Å². The van der Waals surface area contributed by atoms with Crippen molar-refractivity contribution in [3.05, 3.63) is 35.1 Å². The van der Waals surface area contributed by atoms with Crippen LogP contribution in [0.25, 0.3) is 0 Å². The van der Waals surface area contributed by atoms with Crippen LogP contribution >= 0.6 is 0 Å². The van der Waals surface area contributed by atoms with Crippen molar-refractivity contribution in [2.45, 2.75) is 19.4 Å². The van der Waals surface area contributed by atoms with Crippen LogP contribution < -0.4 is 5.73 Å². The molecule has 12 heavy (non-hydrogen) atoms. The van der Waals surface area contributed by atoms with E-state index in [0.29, 0.717) is 5.92 Å². The SMILES string of the molecule is C[C@H]1Cc2ccc(F)cc2[C@@H]1N. The number of halogens is 1. The molecule has 0 unspecified atom stereocenters. The third kappa shape index (κ3) is 1.03. The first-order chi connectivity index (χ1) is 5.68. The van der Waals surface area contributed by atoms with E-state index in [-0.39, 0.29) is 11.9 Å². The van der Waals surface area contributed by atoms with E-state index in [2.05, 4.69) is 6.92 Å². The Morgan fingerprint density at radius 2 is 2.25 bits per heavy atom. The van der Waals surface area contributed by atoms with Crippen LogP contribution in [0.5, 0.6) is 0 Å². The average molecular weight is 165 g/mol. The second kappa shape index (κ2) is 2.56. The Morgan fingerprint density at radius 3 is 3.00 bits per heavy atom. The molecule has 1 aliphatic carbocycles. The summed E-state index contributed by atoms with van der Waals surface area (Å²) in [4.78, 5) is 0. The van der Waals surface area contributed by atoms with E-state index in [4.69, 9.17) is 5.73 Å². The lowest BCUT2D eigenvalue weighted by atomic mass is 10.0. The van der Waals surface area contributed by atoms with Gasteiger partial charge in [-0.1, -0.05) is 13.0 Å². The van der Waals surface area contributed by atoms with Crippen molar-refractivity contribution in [3.8, 4) is 0 Å². The molecule has 0 amide bonds. The molecule has 64 valence electrons. The van der Waals surface area contributed by atoms with Crippen LogP contribution in [0.1, 0.15) is 24.1 Å². The van der Waals surface area contributed by atoms with Gasteiger partial charge in [-0.3, -0.25) is 0 Å². The summed E-state index contributed by atoms with van der Waals surface area (Å²) in [5, 5.41) is 0. The molecule has 1 aromatic carbocycles. The molecule has 2 heteroatoms. The molecule has 0 aliphatic heterocycles. The van der Waals surface area contributed by atoms with Crippen molar-refractivity contribution >= 4 is 0 Å². The minimum absolute atomic E-state index is 0.0238. The Hall–Kier alpha value is -0.890. The smallest absolute Gasteiger partial charge is 0.123 e. The van der Waals surface area contributed by atoms with Gasteiger partial charge in [0.2, 0.25) is 0 Å². The van der Waals surface area contributed by atoms with E-state index in [1.807, 2.05) is 6.07 Å². The molecule has 0 saturated heterocycles. The Balaban J connectivity index is 2.48. The summed E-state index contributed by atoms with van der Waals surface area (Å²) in [6.45, 7) is 2.10. The van der Waals surface area contributed by atoms with Crippen molar-refractivity contribution in [2.24, 2.45) is 11.7 Å². The first-order valence-corrected chi connectivity index (χ1v) is 4.22. The molecule has 1 aliphatic rings. The number of hydrogen-bond acceptors (Lipinski definition) is 1. The fraction of sp³-hybridized carbons (Fsp3) is 0.400. The van der Waals surface area contributed by atoms with Gasteiger partial charge < -0.3 is 5.73 Å². The summed E-state index contributed by atoms with van der Waals surface area (Å²) < 4.78 is 12.8. The van der Waals surface area contributed by atoms with Crippen LogP contribution in [0.15, 0.2) is 18.2 Å². The second-order valence-electron chi connectivity index (χ2n) is 3.55. The van der Waals surface area contributed by atoms with Crippen LogP contribution in [-0.4, -0.2) is 0 Å². The highest BCUT2D eigenvalue weighted by atomic mass is 19.1. The molecule has 0 bridgehead atoms. The highest BCUT2D eigenvalue weighted by Gasteiger charge is 2.26. The Labute approximate surface area is 71.4 Å². The number of benzene rings is 1. The fourth-order valence-electron chi connectivity index (χ4n) is 1.84. The molecule has 0 fully saturated rings. The summed E-state index contributed by atoms with van der Waals surface area (Å²) in [5.74, 6) is 0.264. The zero-order valence-electron chi connectivity index (χ0n) is 7.05. The van der Waals surface area contributed by atoms with Gasteiger partial charge in [-0.25, -0.2) is 4.39 Å². The van der Waals surface area contributed by atoms with Crippen LogP contribution in [0.3, 0.4) is 0 Å². The molecule has 2 rings (SSSR count). The molecule has 2 atom stereocenters. The lowest BCUT2D eigenvalue weighted by molar-refractivity contribution is 0.511. The van der Waals surface area contributed by atoms with Gasteiger partial charge in [-0.2, -0.15) is 0 Å². The van der Waals surface area contributed by atoms with Gasteiger partial charge in [0.1, 0.15) is 5.82 Å². The third-order valence-electron chi connectivity index (χ3n) is 2.62. The van der Waals surface area contributed by atoms with Crippen molar-refractivity contribution in [3.63, 3.8) is 0 Å². The second-order valence-corrected chi connectivity index (χ2v) is 3.55. The van der Waals surface area contributed by atoms with Gasteiger partial charge in [-0.05, 0) is 35.6 Å². The zero-order chi connectivity index (χ0) is 8.72. The lowest BCUT2D eigenvalue weighted by Crippen LogP contribution is -2.13. The summed E-state index contributed by atoms with van der Waals surface area (Å²) in [6, 6.07) is 4.93. The predicted octanol–water partition coefficient (Wildman–Crippen LogP) is 2.02. The third-order valence-corrected chi connectivity index (χ3v) is 2.62. The molecular formula is C10H12FN. The first kappa shape index (κ1) is 7.74. The van der Waals surface area contributed by atoms with E-state index in [1.165, 1.54) is 11.6 Å². The quantitative estimate of drug-likeness (QED) is 0.625. The average Bonchev–Trinajstić information content (AvgIpc) is 2.31. The van der Waals surface area contributed by atoms with Crippen LogP contribution in [-0.2, 0) is 6.42 Å². The van der Waals surface area contributed by atoms with Crippen molar-refractivity contribution in [2.75, 3.05) is 0 Å². The molecule has 0 spiro atoms. The van der Waals surface area contributed by atoms with E-state index in [9.17, 15) is 4.39 Å². The first-order valence-electron chi connectivity index (χ1n) is 4.22. The highest BCUT2D eigenvalue weighted by molar-refractivity contribution is 5.35. The predicted molar refractivity (Wildman–Crippen MR) is 46.2 cm³/mol. The van der Waals surface area contributed by atoms with Gasteiger partial charge >= 0.3 is 0 Å². The number of nitrogens with two attached hydrogens (primary N) is 1. The van der Waals surface area contributed by atoms with E-state index in [1.54, 1.807) is 6.07 Å². The van der Waals surface area contributed by atoms with E-state index < -0.39 is 0 Å². The molecule has 1 nitrogen and oxygen atoms in total. The summed E-state index contributed by atoms with van der Waals surface area (Å²) in [7, 11) is 0. The summed E-state index contributed by atoms with van der Waals surface area (Å²) in [6.07, 6.45) is 0.983. The minimum atomic E-state index is -0.182. The van der Waals surface area contributed by atoms with Gasteiger partial charge in [0.05, 0.1) is 0 Å². The maximum absolute atomic E-state index is 12.8. The number of rotatable bonds is 0. The van der Waals surface area contributed by atoms with Crippen molar-refractivity contribution < 1.29 is 4.39 Å². The normalized spacial score (nSPS) is 27.2. The zero-order valence-corrected chi connectivity index (χ0v) is 7.05. The molecule has 2 N–H and O–H groups in total. The topological polar surface area (TPSA) is 26.0 Å². The summed E-state index contributed by atoms with van der Waals surface area (Å²) in [5.41, 5.74) is 8.09. The maximum Gasteiger partial charge on any atom is 0.123 e. The van der Waals surface area contributed by atoms with Gasteiger partial charge in [-0.15, -0.1) is 0 Å². The minimum Gasteiger partial charge on any atom is -0.324 e. The maximum atomic E-state index is 12.8. The van der Waals surface area contributed by atoms with Crippen molar-refractivity contribution in [1.29, 1.82) is 0 Å². The molecule has 0 saturated carbocycles. The van der Waals surface area contributed by atoms with E-state index in [0.717, 1.165) is 12.0 Å². The Kier molecular flexibility index (Phi) is 1.65. The number of fused-ring (bicyclic) bond motifs is 1.